The number of carbonyl (C=O) groups is 2. The van der Waals surface area contributed by atoms with Crippen molar-refractivity contribution in [1.82, 2.24) is 4.90 Å². The number of para-hydroxylation sites is 1. The summed E-state index contributed by atoms with van der Waals surface area (Å²) in [5.74, 6) is -0.367. The molecule has 2 aliphatic heterocycles. The molecule has 29 heavy (non-hydrogen) atoms. The zero-order valence-electron chi connectivity index (χ0n) is 15.9. The molecule has 0 N–H and O–H groups in total. The molecule has 2 heterocycles. The molecule has 4 rings (SSSR count). The fourth-order valence-electron chi connectivity index (χ4n) is 3.51. The van der Waals surface area contributed by atoms with E-state index in [1.54, 1.807) is 9.80 Å². The standard InChI is InChI=1S/C22H19ClN2O2S2/c1-2-3-12-24-21(27)19(29-22(24)28)18-15-9-5-7-11-17(15)25(20(18)26)13-14-8-4-6-10-16(14)23/h4-11H,2-3,12-13H2,1H3/b19-18-. The van der Waals surface area contributed by atoms with E-state index in [1.807, 2.05) is 48.5 Å². The molecule has 0 saturated carbocycles. The number of benzene rings is 2. The van der Waals surface area contributed by atoms with Crippen molar-refractivity contribution in [1.29, 1.82) is 0 Å². The van der Waals surface area contributed by atoms with Crippen LogP contribution in [0.4, 0.5) is 5.69 Å². The normalized spacial score (nSPS) is 18.8. The van der Waals surface area contributed by atoms with Crippen molar-refractivity contribution >= 4 is 63.0 Å². The number of hydrogen-bond acceptors (Lipinski definition) is 4. The number of amides is 2. The Morgan fingerprint density at radius 3 is 2.48 bits per heavy atom. The summed E-state index contributed by atoms with van der Waals surface area (Å²) in [7, 11) is 0. The summed E-state index contributed by atoms with van der Waals surface area (Å²) < 4.78 is 0.515. The lowest BCUT2D eigenvalue weighted by Crippen LogP contribution is -2.30. The number of carbonyl (C=O) groups excluding carboxylic acids is 2. The van der Waals surface area contributed by atoms with Gasteiger partial charge in [0.2, 0.25) is 0 Å². The van der Waals surface area contributed by atoms with Crippen LogP contribution in [0.2, 0.25) is 5.02 Å². The van der Waals surface area contributed by atoms with Crippen LogP contribution in [-0.2, 0) is 16.1 Å². The highest BCUT2D eigenvalue weighted by atomic mass is 35.5. The number of rotatable bonds is 5. The van der Waals surface area contributed by atoms with Crippen LogP contribution in [-0.4, -0.2) is 27.6 Å². The van der Waals surface area contributed by atoms with Gasteiger partial charge in [0.25, 0.3) is 11.8 Å². The Morgan fingerprint density at radius 1 is 1.00 bits per heavy atom. The topological polar surface area (TPSA) is 40.6 Å². The number of thiocarbonyl (C=S) groups is 1. The first-order valence-electron chi connectivity index (χ1n) is 9.45. The lowest BCUT2D eigenvalue weighted by Gasteiger charge is -2.18. The summed E-state index contributed by atoms with van der Waals surface area (Å²) in [4.78, 5) is 30.2. The van der Waals surface area contributed by atoms with Gasteiger partial charge >= 0.3 is 0 Å². The van der Waals surface area contributed by atoms with E-state index in [9.17, 15) is 9.59 Å². The number of anilines is 1. The maximum absolute atomic E-state index is 13.4. The van der Waals surface area contributed by atoms with Crippen molar-refractivity contribution in [2.75, 3.05) is 11.4 Å². The van der Waals surface area contributed by atoms with Crippen LogP contribution in [0.1, 0.15) is 30.9 Å². The molecule has 2 aromatic carbocycles. The molecular formula is C22H19ClN2O2S2. The fraction of sp³-hybridized carbons (Fsp3) is 0.227. The van der Waals surface area contributed by atoms with E-state index >= 15 is 0 Å². The molecule has 1 fully saturated rings. The van der Waals surface area contributed by atoms with Crippen LogP contribution in [0.5, 0.6) is 0 Å². The minimum atomic E-state index is -0.192. The van der Waals surface area contributed by atoms with E-state index in [2.05, 4.69) is 6.92 Å². The van der Waals surface area contributed by atoms with Crippen molar-refractivity contribution < 1.29 is 9.59 Å². The summed E-state index contributed by atoms with van der Waals surface area (Å²) in [5, 5.41) is 0.608. The Balaban J connectivity index is 1.75. The Morgan fingerprint density at radius 2 is 1.72 bits per heavy atom. The smallest absolute Gasteiger partial charge is 0.267 e. The number of nitrogens with zero attached hydrogens (tertiary/aromatic N) is 2. The average molecular weight is 443 g/mol. The Hall–Kier alpha value is -2.15. The van der Waals surface area contributed by atoms with Crippen LogP contribution < -0.4 is 4.90 Å². The predicted molar refractivity (Wildman–Crippen MR) is 123 cm³/mol. The van der Waals surface area contributed by atoms with E-state index in [0.717, 1.165) is 29.7 Å². The van der Waals surface area contributed by atoms with Crippen LogP contribution in [0.25, 0.3) is 5.57 Å². The van der Waals surface area contributed by atoms with E-state index < -0.39 is 0 Å². The van der Waals surface area contributed by atoms with Crippen LogP contribution in [0.3, 0.4) is 0 Å². The number of fused-ring (bicyclic) bond motifs is 1. The maximum atomic E-state index is 13.4. The third-order valence-corrected chi connectivity index (χ3v) is 6.84. The second-order valence-corrected chi connectivity index (χ2v) is 8.93. The second-order valence-electron chi connectivity index (χ2n) is 6.88. The van der Waals surface area contributed by atoms with Gasteiger partial charge in [-0.15, -0.1) is 0 Å². The molecule has 4 nitrogen and oxygen atoms in total. The summed E-state index contributed by atoms with van der Waals surface area (Å²) >= 11 is 13.0. The first-order chi connectivity index (χ1) is 14.0. The molecular weight excluding hydrogens is 424 g/mol. The van der Waals surface area contributed by atoms with Gasteiger partial charge in [-0.2, -0.15) is 0 Å². The lowest BCUT2D eigenvalue weighted by atomic mass is 10.1. The first-order valence-corrected chi connectivity index (χ1v) is 11.1. The summed E-state index contributed by atoms with van der Waals surface area (Å²) in [6, 6.07) is 15.0. The molecule has 2 aromatic rings. The van der Waals surface area contributed by atoms with E-state index in [-0.39, 0.29) is 11.8 Å². The second kappa shape index (κ2) is 8.30. The van der Waals surface area contributed by atoms with Crippen molar-refractivity contribution in [3.63, 3.8) is 0 Å². The molecule has 2 aliphatic rings. The molecule has 0 aliphatic carbocycles. The SMILES string of the molecule is CCCCN1C(=O)/C(=C2/C(=O)N(Cc3ccccc3Cl)c3ccccc32)SC1=S. The molecule has 148 valence electrons. The van der Waals surface area contributed by atoms with E-state index in [1.165, 1.54) is 11.8 Å². The largest absolute Gasteiger partial charge is 0.303 e. The fourth-order valence-corrected chi connectivity index (χ4v) is 5.09. The molecule has 0 atom stereocenters. The minimum absolute atomic E-state index is 0.175. The van der Waals surface area contributed by atoms with Crippen molar-refractivity contribution in [3.8, 4) is 0 Å². The summed E-state index contributed by atoms with van der Waals surface area (Å²) in [5.41, 5.74) is 2.84. The Kier molecular flexibility index (Phi) is 5.76. The van der Waals surface area contributed by atoms with Gasteiger partial charge in [0, 0.05) is 17.1 Å². The van der Waals surface area contributed by atoms with Crippen molar-refractivity contribution in [3.05, 3.63) is 69.6 Å². The van der Waals surface area contributed by atoms with Crippen LogP contribution in [0.15, 0.2) is 53.4 Å². The van der Waals surface area contributed by atoms with E-state index in [4.69, 9.17) is 23.8 Å². The maximum Gasteiger partial charge on any atom is 0.267 e. The zero-order chi connectivity index (χ0) is 20.5. The molecule has 0 unspecified atom stereocenters. The minimum Gasteiger partial charge on any atom is -0.303 e. The number of halogens is 1. The lowest BCUT2D eigenvalue weighted by molar-refractivity contribution is -0.122. The third-order valence-electron chi connectivity index (χ3n) is 5.02. The van der Waals surface area contributed by atoms with Crippen LogP contribution >= 0.6 is 35.6 Å². The van der Waals surface area contributed by atoms with Crippen molar-refractivity contribution in [2.24, 2.45) is 0 Å². The highest BCUT2D eigenvalue weighted by Crippen LogP contribution is 2.45. The predicted octanol–water partition coefficient (Wildman–Crippen LogP) is 5.26. The van der Waals surface area contributed by atoms with Crippen molar-refractivity contribution in [2.45, 2.75) is 26.3 Å². The number of unbranched alkanes of at least 4 members (excludes halogenated alkanes) is 1. The molecule has 0 bridgehead atoms. The van der Waals surface area contributed by atoms with Gasteiger partial charge in [0.05, 0.1) is 22.7 Å². The summed E-state index contributed by atoms with van der Waals surface area (Å²) in [6.45, 7) is 2.99. The Labute approximate surface area is 184 Å². The zero-order valence-corrected chi connectivity index (χ0v) is 18.2. The van der Waals surface area contributed by atoms with Gasteiger partial charge in [-0.05, 0) is 24.1 Å². The van der Waals surface area contributed by atoms with Gasteiger partial charge in [-0.3, -0.25) is 14.5 Å². The third kappa shape index (κ3) is 3.61. The van der Waals surface area contributed by atoms with Gasteiger partial charge in [0.1, 0.15) is 4.32 Å². The van der Waals surface area contributed by atoms with E-state index in [0.29, 0.717) is 32.9 Å². The molecule has 7 heteroatoms. The monoisotopic (exact) mass is 442 g/mol. The first kappa shape index (κ1) is 20.1. The van der Waals surface area contributed by atoms with Gasteiger partial charge < -0.3 is 4.90 Å². The highest BCUT2D eigenvalue weighted by Gasteiger charge is 2.41. The van der Waals surface area contributed by atoms with Gasteiger partial charge in [-0.25, -0.2) is 0 Å². The quantitative estimate of drug-likeness (QED) is 0.468. The molecule has 0 aromatic heterocycles. The summed E-state index contributed by atoms with van der Waals surface area (Å²) in [6.07, 6.45) is 1.84. The van der Waals surface area contributed by atoms with Gasteiger partial charge in [-0.1, -0.05) is 85.3 Å². The molecule has 2 amide bonds. The van der Waals surface area contributed by atoms with Crippen LogP contribution in [0, 0.1) is 0 Å². The highest BCUT2D eigenvalue weighted by molar-refractivity contribution is 8.26. The number of thioether (sulfide) groups is 1. The average Bonchev–Trinajstić information content (AvgIpc) is 3.15. The molecule has 1 saturated heterocycles. The van der Waals surface area contributed by atoms with Gasteiger partial charge in [0.15, 0.2) is 0 Å². The number of hydrogen-bond donors (Lipinski definition) is 0. The molecule has 0 radical (unpaired) electrons. The molecule has 0 spiro atoms. The Bertz CT molecular complexity index is 1050.